The average molecular weight is 369 g/mol. The van der Waals surface area contributed by atoms with Gasteiger partial charge in [-0.05, 0) is 29.3 Å². The van der Waals surface area contributed by atoms with Crippen molar-refractivity contribution < 1.29 is 13.2 Å². The van der Waals surface area contributed by atoms with Crippen molar-refractivity contribution in [3.05, 3.63) is 76.7 Å². The van der Waals surface area contributed by atoms with Crippen LogP contribution in [0.5, 0.6) is 0 Å². The van der Waals surface area contributed by atoms with Gasteiger partial charge in [0, 0.05) is 24.9 Å². The summed E-state index contributed by atoms with van der Waals surface area (Å²) >= 11 is 0. The summed E-state index contributed by atoms with van der Waals surface area (Å²) in [5, 5.41) is 12.6. The first-order chi connectivity index (χ1) is 12.5. The topological polar surface area (TPSA) is 99.1 Å². The fourth-order valence-electron chi connectivity index (χ4n) is 2.13. The Kier molecular flexibility index (Phi) is 7.09. The van der Waals surface area contributed by atoms with Crippen LogP contribution in [0.2, 0.25) is 0 Å². The molecule has 2 aromatic rings. The van der Waals surface area contributed by atoms with Crippen LogP contribution in [0.3, 0.4) is 0 Å². The van der Waals surface area contributed by atoms with E-state index in [1.807, 2.05) is 24.3 Å². The highest BCUT2D eigenvalue weighted by atomic mass is 32.2. The Hall–Kier alpha value is -2.95. The number of hydrogen-bond donors (Lipinski definition) is 2. The number of nitrogens with zero attached hydrogens (tertiary/aromatic N) is 1. The molecule has 0 aliphatic rings. The maximum absolute atomic E-state index is 11.9. The van der Waals surface area contributed by atoms with Gasteiger partial charge >= 0.3 is 0 Å². The van der Waals surface area contributed by atoms with Gasteiger partial charge < -0.3 is 5.32 Å². The minimum absolute atomic E-state index is 0.00549. The van der Waals surface area contributed by atoms with Crippen LogP contribution in [-0.2, 0) is 21.4 Å². The van der Waals surface area contributed by atoms with Crippen LogP contribution in [0, 0.1) is 11.3 Å². The summed E-state index contributed by atoms with van der Waals surface area (Å²) in [6.07, 6.45) is 1.51. The van der Waals surface area contributed by atoms with E-state index in [0.29, 0.717) is 5.56 Å². The summed E-state index contributed by atoms with van der Waals surface area (Å²) in [5.74, 6) is -0.276. The SMILES string of the molecule is N#Cc1cccc(CNC(=O)CCNS(=O)(=O)/C=C/c2ccccc2)c1. The number of amides is 1. The molecule has 0 aliphatic carbocycles. The van der Waals surface area contributed by atoms with Gasteiger partial charge in [0.2, 0.25) is 15.9 Å². The Labute approximate surface area is 153 Å². The predicted octanol–water partition coefficient (Wildman–Crippen LogP) is 2.15. The van der Waals surface area contributed by atoms with Crippen LogP contribution in [0.1, 0.15) is 23.1 Å². The summed E-state index contributed by atoms with van der Waals surface area (Å²) in [7, 11) is -3.60. The second kappa shape index (κ2) is 9.51. The van der Waals surface area contributed by atoms with Gasteiger partial charge in [0.1, 0.15) is 0 Å². The van der Waals surface area contributed by atoms with Crippen LogP contribution in [0.25, 0.3) is 6.08 Å². The highest BCUT2D eigenvalue weighted by molar-refractivity contribution is 7.92. The van der Waals surface area contributed by atoms with E-state index in [4.69, 9.17) is 5.26 Å². The van der Waals surface area contributed by atoms with E-state index in [1.165, 1.54) is 6.08 Å². The molecule has 0 bridgehead atoms. The van der Waals surface area contributed by atoms with Gasteiger partial charge in [0.15, 0.2) is 0 Å². The van der Waals surface area contributed by atoms with Crippen LogP contribution in [0.15, 0.2) is 60.0 Å². The lowest BCUT2D eigenvalue weighted by Gasteiger charge is -2.06. The van der Waals surface area contributed by atoms with E-state index in [2.05, 4.69) is 10.0 Å². The molecule has 26 heavy (non-hydrogen) atoms. The molecule has 0 saturated carbocycles. The van der Waals surface area contributed by atoms with Crippen molar-refractivity contribution in [1.29, 1.82) is 5.26 Å². The number of sulfonamides is 1. The van der Waals surface area contributed by atoms with Crippen LogP contribution < -0.4 is 10.0 Å². The third-order valence-electron chi connectivity index (χ3n) is 3.44. The first kappa shape index (κ1) is 19.4. The Morgan fingerprint density at radius 1 is 1.12 bits per heavy atom. The lowest BCUT2D eigenvalue weighted by molar-refractivity contribution is -0.121. The fourth-order valence-corrected chi connectivity index (χ4v) is 2.95. The van der Waals surface area contributed by atoms with Crippen LogP contribution in [-0.4, -0.2) is 20.9 Å². The number of hydrogen-bond acceptors (Lipinski definition) is 4. The molecule has 2 rings (SSSR count). The molecule has 2 aromatic carbocycles. The van der Waals surface area contributed by atoms with E-state index < -0.39 is 10.0 Å². The minimum Gasteiger partial charge on any atom is -0.352 e. The molecular formula is C19H19N3O3S. The van der Waals surface area contributed by atoms with Crippen LogP contribution in [0.4, 0.5) is 0 Å². The van der Waals surface area contributed by atoms with Crippen molar-refractivity contribution in [1.82, 2.24) is 10.0 Å². The summed E-state index contributed by atoms with van der Waals surface area (Å²) in [5.41, 5.74) is 2.11. The summed E-state index contributed by atoms with van der Waals surface area (Å²) in [6, 6.07) is 18.0. The van der Waals surface area contributed by atoms with Crippen molar-refractivity contribution in [2.24, 2.45) is 0 Å². The third-order valence-corrected chi connectivity index (χ3v) is 4.54. The lowest BCUT2D eigenvalue weighted by atomic mass is 10.1. The molecule has 0 fully saturated rings. The second-order valence-electron chi connectivity index (χ2n) is 5.49. The molecule has 7 heteroatoms. The Bertz CT molecular complexity index is 917. The van der Waals surface area contributed by atoms with E-state index in [0.717, 1.165) is 16.5 Å². The molecule has 0 saturated heterocycles. The highest BCUT2D eigenvalue weighted by Crippen LogP contribution is 2.04. The molecule has 0 aromatic heterocycles. The zero-order valence-electron chi connectivity index (χ0n) is 14.1. The number of benzene rings is 2. The molecule has 2 N–H and O–H groups in total. The van der Waals surface area contributed by atoms with Gasteiger partial charge in [-0.25, -0.2) is 13.1 Å². The van der Waals surface area contributed by atoms with Gasteiger partial charge in [-0.3, -0.25) is 4.79 Å². The van der Waals surface area contributed by atoms with E-state index in [-0.39, 0.29) is 25.4 Å². The largest absolute Gasteiger partial charge is 0.352 e. The molecule has 0 radical (unpaired) electrons. The standard InChI is InChI=1S/C19H19N3O3S/c20-14-17-7-4-8-18(13-17)15-21-19(23)9-11-22-26(24,25)12-10-16-5-2-1-3-6-16/h1-8,10,12-13,22H,9,11,15H2,(H,21,23)/b12-10+. The van der Waals surface area contributed by atoms with Gasteiger partial charge in [0.05, 0.1) is 11.6 Å². The molecule has 0 aliphatic heterocycles. The fraction of sp³-hybridized carbons (Fsp3) is 0.158. The second-order valence-corrected chi connectivity index (χ2v) is 7.14. The van der Waals surface area contributed by atoms with Crippen molar-refractivity contribution >= 4 is 22.0 Å². The molecule has 0 unspecified atom stereocenters. The molecule has 6 nitrogen and oxygen atoms in total. The van der Waals surface area contributed by atoms with Gasteiger partial charge in [-0.2, -0.15) is 5.26 Å². The van der Waals surface area contributed by atoms with E-state index in [1.54, 1.807) is 36.4 Å². The molecular weight excluding hydrogens is 350 g/mol. The monoisotopic (exact) mass is 369 g/mol. The first-order valence-electron chi connectivity index (χ1n) is 7.97. The molecule has 1 amide bonds. The normalized spacial score (nSPS) is 11.2. The maximum atomic E-state index is 11.9. The minimum atomic E-state index is -3.60. The molecule has 0 spiro atoms. The lowest BCUT2D eigenvalue weighted by Crippen LogP contribution is -2.29. The summed E-state index contributed by atoms with van der Waals surface area (Å²) < 4.78 is 26.1. The zero-order valence-corrected chi connectivity index (χ0v) is 14.9. The third kappa shape index (κ3) is 6.89. The maximum Gasteiger partial charge on any atom is 0.233 e. The highest BCUT2D eigenvalue weighted by Gasteiger charge is 2.07. The number of rotatable bonds is 8. The number of carbonyl (C=O) groups is 1. The van der Waals surface area contributed by atoms with Crippen molar-refractivity contribution in [2.45, 2.75) is 13.0 Å². The average Bonchev–Trinajstić information content (AvgIpc) is 2.66. The Balaban J connectivity index is 1.75. The van der Waals surface area contributed by atoms with Crippen molar-refractivity contribution in [3.63, 3.8) is 0 Å². The Morgan fingerprint density at radius 2 is 1.88 bits per heavy atom. The first-order valence-corrected chi connectivity index (χ1v) is 9.52. The van der Waals surface area contributed by atoms with Crippen LogP contribution >= 0.6 is 0 Å². The zero-order chi connectivity index (χ0) is 18.8. The summed E-state index contributed by atoms with van der Waals surface area (Å²) in [4.78, 5) is 11.8. The number of nitrogens with one attached hydrogen (secondary N) is 2. The van der Waals surface area contributed by atoms with Gasteiger partial charge in [-0.1, -0.05) is 42.5 Å². The van der Waals surface area contributed by atoms with Gasteiger partial charge in [-0.15, -0.1) is 0 Å². The smallest absolute Gasteiger partial charge is 0.233 e. The number of carbonyl (C=O) groups excluding carboxylic acids is 1. The van der Waals surface area contributed by atoms with Crippen molar-refractivity contribution in [2.75, 3.05) is 6.54 Å². The van der Waals surface area contributed by atoms with E-state index in [9.17, 15) is 13.2 Å². The molecule has 134 valence electrons. The Morgan fingerprint density at radius 3 is 2.62 bits per heavy atom. The van der Waals surface area contributed by atoms with Crippen molar-refractivity contribution in [3.8, 4) is 6.07 Å². The van der Waals surface area contributed by atoms with E-state index >= 15 is 0 Å². The number of nitriles is 1. The quantitative estimate of drug-likeness (QED) is 0.745. The van der Waals surface area contributed by atoms with Gasteiger partial charge in [0.25, 0.3) is 0 Å². The summed E-state index contributed by atoms with van der Waals surface area (Å²) in [6.45, 7) is 0.292. The molecule has 0 atom stereocenters. The predicted molar refractivity (Wildman–Crippen MR) is 100 cm³/mol. The molecule has 0 heterocycles.